The van der Waals surface area contributed by atoms with Crippen LogP contribution in [-0.2, 0) is 11.2 Å². The Morgan fingerprint density at radius 3 is 2.71 bits per heavy atom. The molecule has 1 aliphatic heterocycles. The third kappa shape index (κ3) is 3.20. The molecule has 1 unspecified atom stereocenters. The fourth-order valence-electron chi connectivity index (χ4n) is 2.60. The predicted octanol–water partition coefficient (Wildman–Crippen LogP) is 3.67. The lowest BCUT2D eigenvalue weighted by molar-refractivity contribution is 0.134. The molecule has 2 heterocycles. The summed E-state index contributed by atoms with van der Waals surface area (Å²) in [7, 11) is 0. The van der Waals surface area contributed by atoms with Gasteiger partial charge in [0.05, 0.1) is 17.3 Å². The van der Waals surface area contributed by atoms with Crippen LogP contribution in [0.2, 0.25) is 0 Å². The molecule has 0 saturated carbocycles. The average Bonchev–Trinajstić information content (AvgIpc) is 2.81. The molecule has 1 fully saturated rings. The number of hydrogen-bond donors (Lipinski definition) is 2. The third-order valence-corrected chi connectivity index (χ3v) is 4.04. The normalized spacial score (nSPS) is 21.3. The summed E-state index contributed by atoms with van der Waals surface area (Å²) < 4.78 is 5.67. The Hall–Kier alpha value is -1.58. The van der Waals surface area contributed by atoms with E-state index in [-0.39, 0.29) is 5.60 Å². The molecule has 1 aliphatic rings. The van der Waals surface area contributed by atoms with Gasteiger partial charge in [-0.1, -0.05) is 24.3 Å². The summed E-state index contributed by atoms with van der Waals surface area (Å²) in [6.45, 7) is 7.80. The van der Waals surface area contributed by atoms with E-state index in [4.69, 9.17) is 4.74 Å². The number of aromatic nitrogens is 1. The van der Waals surface area contributed by atoms with Gasteiger partial charge in [0, 0.05) is 23.5 Å². The Morgan fingerprint density at radius 1 is 1.38 bits per heavy atom. The molecule has 2 aromatic rings. The molecular formula is C18H23NO2. The van der Waals surface area contributed by atoms with Crippen molar-refractivity contribution in [2.24, 2.45) is 0 Å². The second-order valence-corrected chi connectivity index (χ2v) is 7.02. The van der Waals surface area contributed by atoms with Gasteiger partial charge in [0.2, 0.25) is 0 Å². The number of rotatable bonds is 4. The Kier molecular flexibility index (Phi) is 3.23. The molecule has 0 aliphatic carbocycles. The largest absolute Gasteiger partial charge is 0.386 e. The molecule has 3 nitrogen and oxygen atoms in total. The van der Waals surface area contributed by atoms with Crippen LogP contribution in [0.4, 0.5) is 0 Å². The van der Waals surface area contributed by atoms with E-state index in [0.717, 1.165) is 17.5 Å². The van der Waals surface area contributed by atoms with Gasteiger partial charge in [0.1, 0.15) is 0 Å². The van der Waals surface area contributed by atoms with Crippen LogP contribution >= 0.6 is 0 Å². The maximum absolute atomic E-state index is 9.74. The zero-order valence-corrected chi connectivity index (χ0v) is 13.1. The summed E-state index contributed by atoms with van der Waals surface area (Å²) in [6, 6.07) is 6.33. The van der Waals surface area contributed by atoms with Gasteiger partial charge in [-0.2, -0.15) is 0 Å². The van der Waals surface area contributed by atoms with Gasteiger partial charge in [-0.25, -0.2) is 0 Å². The van der Waals surface area contributed by atoms with Crippen LogP contribution in [0.5, 0.6) is 0 Å². The SMILES string of the molecule is CC(C)(O)C=Cc1ccc2c(CC3OC3(C)C)c[nH]c2c1. The van der Waals surface area contributed by atoms with E-state index in [2.05, 4.69) is 43.2 Å². The highest BCUT2D eigenvalue weighted by molar-refractivity contribution is 5.85. The number of H-pyrrole nitrogens is 1. The first-order valence-electron chi connectivity index (χ1n) is 7.44. The summed E-state index contributed by atoms with van der Waals surface area (Å²) in [6.07, 6.45) is 7.11. The molecule has 2 N–H and O–H groups in total. The number of benzene rings is 1. The first kappa shape index (κ1) is 14.4. The van der Waals surface area contributed by atoms with Gasteiger partial charge in [0.25, 0.3) is 0 Å². The molecule has 1 atom stereocenters. The van der Waals surface area contributed by atoms with Crippen molar-refractivity contribution in [2.75, 3.05) is 0 Å². The topological polar surface area (TPSA) is 48.5 Å². The number of aromatic amines is 1. The maximum Gasteiger partial charge on any atom is 0.0908 e. The van der Waals surface area contributed by atoms with Gasteiger partial charge in [0.15, 0.2) is 0 Å². The van der Waals surface area contributed by atoms with Crippen molar-refractivity contribution in [3.8, 4) is 0 Å². The number of epoxide rings is 1. The van der Waals surface area contributed by atoms with Crippen LogP contribution < -0.4 is 0 Å². The highest BCUT2D eigenvalue weighted by Crippen LogP contribution is 2.38. The monoisotopic (exact) mass is 285 g/mol. The average molecular weight is 285 g/mol. The van der Waals surface area contributed by atoms with Gasteiger partial charge in [-0.3, -0.25) is 0 Å². The molecule has 21 heavy (non-hydrogen) atoms. The van der Waals surface area contributed by atoms with Crippen LogP contribution in [0.15, 0.2) is 30.5 Å². The third-order valence-electron chi connectivity index (χ3n) is 4.04. The summed E-state index contributed by atoms with van der Waals surface area (Å²) >= 11 is 0. The number of fused-ring (bicyclic) bond motifs is 1. The lowest BCUT2D eigenvalue weighted by atomic mass is 10.0. The number of nitrogens with one attached hydrogen (secondary N) is 1. The van der Waals surface area contributed by atoms with E-state index in [9.17, 15) is 5.11 Å². The Balaban J connectivity index is 1.83. The summed E-state index contributed by atoms with van der Waals surface area (Å²) in [5, 5.41) is 11.0. The summed E-state index contributed by atoms with van der Waals surface area (Å²) in [5.74, 6) is 0. The van der Waals surface area contributed by atoms with Crippen molar-refractivity contribution in [2.45, 2.75) is 51.4 Å². The molecule has 3 heteroatoms. The molecule has 1 saturated heterocycles. The highest BCUT2D eigenvalue weighted by Gasteiger charge is 2.47. The van der Waals surface area contributed by atoms with E-state index in [1.165, 1.54) is 10.9 Å². The van der Waals surface area contributed by atoms with Gasteiger partial charge in [-0.05, 0) is 44.9 Å². The second-order valence-electron chi connectivity index (χ2n) is 7.02. The molecule has 1 aromatic carbocycles. The van der Waals surface area contributed by atoms with E-state index < -0.39 is 5.60 Å². The number of ether oxygens (including phenoxy) is 1. The minimum absolute atomic E-state index is 0.0268. The predicted molar refractivity (Wildman–Crippen MR) is 86.3 cm³/mol. The Morgan fingerprint density at radius 2 is 2.10 bits per heavy atom. The van der Waals surface area contributed by atoms with Crippen LogP contribution in [0.1, 0.15) is 38.8 Å². The standard InChI is InChI=1S/C18H23NO2/c1-17(2,20)8-7-12-5-6-14-13(11-19-15(14)9-12)10-16-18(3,4)21-16/h5-9,11,16,19-20H,10H2,1-4H3. The van der Waals surface area contributed by atoms with Crippen molar-refractivity contribution in [3.05, 3.63) is 41.6 Å². The molecule has 3 rings (SSSR count). The molecule has 0 bridgehead atoms. The van der Waals surface area contributed by atoms with E-state index in [0.29, 0.717) is 6.10 Å². The molecule has 0 radical (unpaired) electrons. The second kappa shape index (κ2) is 4.72. The summed E-state index contributed by atoms with van der Waals surface area (Å²) in [4.78, 5) is 3.33. The van der Waals surface area contributed by atoms with Gasteiger partial charge < -0.3 is 14.8 Å². The fraction of sp³-hybridized carbons (Fsp3) is 0.444. The maximum atomic E-state index is 9.74. The van der Waals surface area contributed by atoms with Crippen molar-refractivity contribution in [1.29, 1.82) is 0 Å². The fourth-order valence-corrected chi connectivity index (χ4v) is 2.60. The van der Waals surface area contributed by atoms with Crippen LogP contribution in [0.25, 0.3) is 17.0 Å². The smallest absolute Gasteiger partial charge is 0.0908 e. The zero-order chi connectivity index (χ0) is 15.3. The molecule has 112 valence electrons. The Labute approximate surface area is 125 Å². The lowest BCUT2D eigenvalue weighted by Crippen LogP contribution is -2.13. The van der Waals surface area contributed by atoms with Crippen LogP contribution in [0, 0.1) is 0 Å². The minimum atomic E-state index is -0.787. The first-order chi connectivity index (χ1) is 9.74. The van der Waals surface area contributed by atoms with E-state index in [1.807, 2.05) is 6.08 Å². The van der Waals surface area contributed by atoms with Gasteiger partial charge >= 0.3 is 0 Å². The number of aliphatic hydroxyl groups is 1. The van der Waals surface area contributed by atoms with Crippen molar-refractivity contribution in [1.82, 2.24) is 4.98 Å². The molecule has 0 amide bonds. The van der Waals surface area contributed by atoms with Crippen LogP contribution in [-0.4, -0.2) is 27.4 Å². The van der Waals surface area contributed by atoms with Gasteiger partial charge in [-0.15, -0.1) is 0 Å². The van der Waals surface area contributed by atoms with Crippen molar-refractivity contribution < 1.29 is 9.84 Å². The first-order valence-corrected chi connectivity index (χ1v) is 7.44. The molecule has 1 aromatic heterocycles. The quantitative estimate of drug-likeness (QED) is 0.842. The minimum Gasteiger partial charge on any atom is -0.386 e. The van der Waals surface area contributed by atoms with E-state index >= 15 is 0 Å². The highest BCUT2D eigenvalue weighted by atomic mass is 16.6. The van der Waals surface area contributed by atoms with E-state index in [1.54, 1.807) is 19.9 Å². The molecule has 0 spiro atoms. The number of hydrogen-bond acceptors (Lipinski definition) is 2. The lowest BCUT2D eigenvalue weighted by Gasteiger charge is -2.10. The Bertz CT molecular complexity index is 689. The molecular weight excluding hydrogens is 262 g/mol. The van der Waals surface area contributed by atoms with Crippen molar-refractivity contribution >= 4 is 17.0 Å². The van der Waals surface area contributed by atoms with Crippen LogP contribution in [0.3, 0.4) is 0 Å². The summed E-state index contributed by atoms with van der Waals surface area (Å²) in [5.41, 5.74) is 2.75. The zero-order valence-electron chi connectivity index (χ0n) is 13.1. The van der Waals surface area contributed by atoms with Crippen molar-refractivity contribution in [3.63, 3.8) is 0 Å².